The minimum absolute atomic E-state index is 0.000491. The third-order valence-corrected chi connectivity index (χ3v) is 4.84. The van der Waals surface area contributed by atoms with E-state index in [4.69, 9.17) is 4.42 Å². The van der Waals surface area contributed by atoms with Crippen molar-refractivity contribution >= 4 is 44.6 Å². The Morgan fingerprint density at radius 3 is 2.82 bits per heavy atom. The maximum Gasteiger partial charge on any atom is 0.284 e. The second-order valence-corrected chi connectivity index (χ2v) is 7.12. The molecule has 4 aromatic rings. The first kappa shape index (κ1) is 18.1. The molecule has 138 valence electrons. The number of fused-ring (bicyclic) bond motifs is 1. The largest absolute Gasteiger partial charge is 0.436 e. The van der Waals surface area contributed by atoms with Gasteiger partial charge >= 0.3 is 0 Å². The molecule has 0 saturated carbocycles. The van der Waals surface area contributed by atoms with Crippen LogP contribution in [-0.2, 0) is 0 Å². The monoisotopic (exact) mass is 435 g/mol. The molecule has 0 spiro atoms. The number of nitro benzene ring substituents is 1. The van der Waals surface area contributed by atoms with E-state index in [0.717, 1.165) is 22.2 Å². The van der Waals surface area contributed by atoms with Crippen LogP contribution in [0.3, 0.4) is 0 Å². The van der Waals surface area contributed by atoms with E-state index in [-0.39, 0.29) is 5.69 Å². The number of hydrogen-bond acceptors (Lipinski definition) is 5. The highest BCUT2D eigenvalue weighted by Gasteiger charge is 2.12. The molecule has 6 nitrogen and oxygen atoms in total. The van der Waals surface area contributed by atoms with Crippen molar-refractivity contribution in [1.29, 1.82) is 0 Å². The van der Waals surface area contributed by atoms with Gasteiger partial charge in [-0.3, -0.25) is 15.1 Å². The minimum Gasteiger partial charge on any atom is -0.436 e. The zero-order valence-electron chi connectivity index (χ0n) is 14.8. The number of oxazole rings is 1. The van der Waals surface area contributed by atoms with Crippen LogP contribution in [0.5, 0.6) is 0 Å². The molecule has 0 aliphatic heterocycles. The SMILES string of the molecule is Cc1ccc2oc(-c3cccc(N=Cc4ccc(Br)c([N+](=O)[O-])c4)c3)nc2c1. The van der Waals surface area contributed by atoms with Gasteiger partial charge in [-0.05, 0) is 70.4 Å². The van der Waals surface area contributed by atoms with Crippen LogP contribution in [0.2, 0.25) is 0 Å². The zero-order chi connectivity index (χ0) is 19.7. The van der Waals surface area contributed by atoms with Crippen molar-refractivity contribution in [3.05, 3.63) is 86.4 Å². The second kappa shape index (κ2) is 7.36. The molecule has 0 aliphatic carbocycles. The van der Waals surface area contributed by atoms with E-state index in [0.29, 0.717) is 21.6 Å². The number of nitrogens with zero attached hydrogens (tertiary/aromatic N) is 3. The molecule has 0 atom stereocenters. The summed E-state index contributed by atoms with van der Waals surface area (Å²) >= 11 is 3.18. The van der Waals surface area contributed by atoms with E-state index in [1.807, 2.05) is 49.4 Å². The molecule has 3 aromatic carbocycles. The summed E-state index contributed by atoms with van der Waals surface area (Å²) in [6, 6.07) is 18.2. The summed E-state index contributed by atoms with van der Waals surface area (Å²) in [6.45, 7) is 2.01. The van der Waals surface area contributed by atoms with E-state index in [1.54, 1.807) is 18.3 Å². The van der Waals surface area contributed by atoms with Crippen molar-refractivity contribution in [1.82, 2.24) is 4.98 Å². The lowest BCUT2D eigenvalue weighted by Crippen LogP contribution is -1.91. The van der Waals surface area contributed by atoms with Gasteiger partial charge in [-0.25, -0.2) is 4.98 Å². The fraction of sp³-hybridized carbons (Fsp3) is 0.0476. The van der Waals surface area contributed by atoms with Gasteiger partial charge < -0.3 is 4.42 Å². The van der Waals surface area contributed by atoms with Crippen LogP contribution in [0.25, 0.3) is 22.6 Å². The Labute approximate surface area is 168 Å². The first-order valence-corrected chi connectivity index (χ1v) is 9.24. The van der Waals surface area contributed by atoms with Crippen molar-refractivity contribution in [2.75, 3.05) is 0 Å². The molecular weight excluding hydrogens is 422 g/mol. The fourth-order valence-electron chi connectivity index (χ4n) is 2.78. The van der Waals surface area contributed by atoms with Crippen LogP contribution >= 0.6 is 15.9 Å². The highest BCUT2D eigenvalue weighted by atomic mass is 79.9. The smallest absolute Gasteiger partial charge is 0.284 e. The molecule has 28 heavy (non-hydrogen) atoms. The number of aryl methyl sites for hydroxylation is 1. The first-order valence-electron chi connectivity index (χ1n) is 8.45. The summed E-state index contributed by atoms with van der Waals surface area (Å²) in [7, 11) is 0. The van der Waals surface area contributed by atoms with Gasteiger partial charge in [0.2, 0.25) is 5.89 Å². The quantitative estimate of drug-likeness (QED) is 0.216. The van der Waals surface area contributed by atoms with Gasteiger partial charge in [0.15, 0.2) is 5.58 Å². The van der Waals surface area contributed by atoms with Crippen LogP contribution in [0.4, 0.5) is 11.4 Å². The van der Waals surface area contributed by atoms with Crippen molar-refractivity contribution in [3.8, 4) is 11.5 Å². The topological polar surface area (TPSA) is 81.5 Å². The van der Waals surface area contributed by atoms with Gasteiger partial charge in [0.25, 0.3) is 5.69 Å². The van der Waals surface area contributed by atoms with Gasteiger partial charge in [-0.15, -0.1) is 0 Å². The van der Waals surface area contributed by atoms with E-state index in [9.17, 15) is 10.1 Å². The molecule has 0 saturated heterocycles. The number of hydrogen-bond donors (Lipinski definition) is 0. The van der Waals surface area contributed by atoms with Crippen molar-refractivity contribution in [2.45, 2.75) is 6.92 Å². The van der Waals surface area contributed by atoms with Crippen molar-refractivity contribution in [3.63, 3.8) is 0 Å². The molecule has 0 unspecified atom stereocenters. The van der Waals surface area contributed by atoms with Crippen molar-refractivity contribution in [2.24, 2.45) is 4.99 Å². The minimum atomic E-state index is -0.434. The summed E-state index contributed by atoms with van der Waals surface area (Å²) in [6.07, 6.45) is 1.59. The Balaban J connectivity index is 1.64. The summed E-state index contributed by atoms with van der Waals surface area (Å²) in [5.41, 5.74) is 4.81. The van der Waals surface area contributed by atoms with E-state index >= 15 is 0 Å². The number of benzene rings is 3. The third-order valence-electron chi connectivity index (χ3n) is 4.17. The molecule has 7 heteroatoms. The molecule has 0 amide bonds. The standard InChI is InChI=1S/C21H14BrN3O3/c1-13-5-8-20-18(9-13)24-21(28-20)15-3-2-4-16(11-15)23-12-14-6-7-17(22)19(10-14)25(26)27/h2-12H,1H3. The Morgan fingerprint density at radius 2 is 2.00 bits per heavy atom. The van der Waals surface area contributed by atoms with E-state index in [1.165, 1.54) is 6.07 Å². The summed E-state index contributed by atoms with van der Waals surface area (Å²) in [4.78, 5) is 19.6. The van der Waals surface area contributed by atoms with Gasteiger partial charge in [-0.2, -0.15) is 0 Å². The maximum absolute atomic E-state index is 11.1. The molecule has 0 N–H and O–H groups in total. The third kappa shape index (κ3) is 3.70. The Hall–Kier alpha value is -3.32. The molecule has 1 aromatic heterocycles. The van der Waals surface area contributed by atoms with Gasteiger partial charge in [0.1, 0.15) is 5.52 Å². The first-order chi connectivity index (χ1) is 13.5. The lowest BCUT2D eigenvalue weighted by Gasteiger charge is -1.99. The predicted molar refractivity (Wildman–Crippen MR) is 112 cm³/mol. The summed E-state index contributed by atoms with van der Waals surface area (Å²) < 4.78 is 6.27. The fourth-order valence-corrected chi connectivity index (χ4v) is 3.17. The van der Waals surface area contributed by atoms with Crippen LogP contribution < -0.4 is 0 Å². The normalized spacial score (nSPS) is 11.4. The van der Waals surface area contributed by atoms with E-state index < -0.39 is 4.92 Å². The summed E-state index contributed by atoms with van der Waals surface area (Å²) in [5, 5.41) is 11.1. The number of halogens is 1. The number of aromatic nitrogens is 1. The Morgan fingerprint density at radius 1 is 1.14 bits per heavy atom. The molecule has 0 fully saturated rings. The molecule has 1 heterocycles. The highest BCUT2D eigenvalue weighted by molar-refractivity contribution is 9.10. The number of rotatable bonds is 4. The number of aliphatic imine (C=N–C) groups is 1. The Bertz CT molecular complexity index is 1230. The van der Waals surface area contributed by atoms with Crippen LogP contribution in [0, 0.1) is 17.0 Å². The molecule has 4 rings (SSSR count). The predicted octanol–water partition coefficient (Wildman–Crippen LogP) is 6.22. The average molecular weight is 436 g/mol. The van der Waals surface area contributed by atoms with Gasteiger partial charge in [0, 0.05) is 17.8 Å². The van der Waals surface area contributed by atoms with Gasteiger partial charge in [0.05, 0.1) is 15.1 Å². The summed E-state index contributed by atoms with van der Waals surface area (Å²) in [5.74, 6) is 0.525. The van der Waals surface area contributed by atoms with Gasteiger partial charge in [-0.1, -0.05) is 18.2 Å². The zero-order valence-corrected chi connectivity index (χ0v) is 16.4. The van der Waals surface area contributed by atoms with Crippen LogP contribution in [0.1, 0.15) is 11.1 Å². The van der Waals surface area contributed by atoms with E-state index in [2.05, 4.69) is 25.9 Å². The van der Waals surface area contributed by atoms with Crippen LogP contribution in [-0.4, -0.2) is 16.1 Å². The molecular formula is C21H14BrN3O3. The average Bonchev–Trinajstić information content (AvgIpc) is 3.10. The molecule has 0 bridgehead atoms. The lowest BCUT2D eigenvalue weighted by molar-refractivity contribution is -0.385. The van der Waals surface area contributed by atoms with Crippen molar-refractivity contribution < 1.29 is 9.34 Å². The second-order valence-electron chi connectivity index (χ2n) is 6.27. The Kier molecular flexibility index (Phi) is 4.75. The molecule has 0 radical (unpaired) electrons. The molecule has 0 aliphatic rings. The highest BCUT2D eigenvalue weighted by Crippen LogP contribution is 2.28. The number of nitro groups is 1. The lowest BCUT2D eigenvalue weighted by atomic mass is 10.2. The maximum atomic E-state index is 11.1. The van der Waals surface area contributed by atoms with Crippen LogP contribution in [0.15, 0.2) is 74.5 Å².